The number of carbonyl (C=O) groups is 1. The first-order valence-electron chi connectivity index (χ1n) is 7.79. The van der Waals surface area contributed by atoms with Crippen LogP contribution in [0.25, 0.3) is 0 Å². The number of aromatic nitrogens is 4. The molecule has 0 aliphatic carbocycles. The van der Waals surface area contributed by atoms with E-state index in [1.807, 2.05) is 21.8 Å². The normalized spacial score (nSPS) is 19.4. The van der Waals surface area contributed by atoms with E-state index in [9.17, 15) is 4.79 Å². The number of rotatable bonds is 2. The third-order valence-electron chi connectivity index (χ3n) is 4.19. The first kappa shape index (κ1) is 14.8. The van der Waals surface area contributed by atoms with Crippen LogP contribution in [0.5, 0.6) is 0 Å². The Kier molecular flexibility index (Phi) is 3.76. The number of nitrogens with zero attached hydrogens (tertiary/aromatic N) is 4. The summed E-state index contributed by atoms with van der Waals surface area (Å²) in [4.78, 5) is 14.6. The molecule has 0 bridgehead atoms. The van der Waals surface area contributed by atoms with Gasteiger partial charge in [-0.05, 0) is 39.7 Å². The molecule has 2 aromatic rings. The van der Waals surface area contributed by atoms with Gasteiger partial charge in [-0.2, -0.15) is 10.2 Å². The van der Waals surface area contributed by atoms with Crippen molar-refractivity contribution < 1.29 is 4.79 Å². The summed E-state index contributed by atoms with van der Waals surface area (Å²) in [6, 6.07) is 2.00. The van der Waals surface area contributed by atoms with Crippen LogP contribution in [0.2, 0.25) is 0 Å². The molecule has 2 aromatic heterocycles. The Hall–Kier alpha value is -2.11. The van der Waals surface area contributed by atoms with Gasteiger partial charge in [0.25, 0.3) is 5.91 Å². The average molecular weight is 301 g/mol. The third kappa shape index (κ3) is 2.91. The second-order valence-electron chi connectivity index (χ2n) is 6.95. The van der Waals surface area contributed by atoms with Gasteiger partial charge >= 0.3 is 0 Å². The van der Waals surface area contributed by atoms with E-state index >= 15 is 0 Å². The van der Waals surface area contributed by atoms with Crippen LogP contribution in [0.15, 0.2) is 24.7 Å². The molecular weight excluding hydrogens is 278 g/mol. The zero-order chi connectivity index (χ0) is 15.7. The van der Waals surface area contributed by atoms with Gasteiger partial charge in [0.15, 0.2) is 0 Å². The Morgan fingerprint density at radius 2 is 2.23 bits per heavy atom. The first-order chi connectivity index (χ1) is 10.4. The standard InChI is InChI=1S/C16H23N5O/c1-16(2,3)21-11-13(9-18-21)15(22)20-8-4-5-12(10-20)14-6-7-17-19-14/h6-7,9,11-12H,4-5,8,10H2,1-3H3,(H,17,19)/t12-/m0/s1. The number of nitrogens with one attached hydrogen (secondary N) is 1. The van der Waals surface area contributed by atoms with Crippen molar-refractivity contribution >= 4 is 5.91 Å². The fourth-order valence-electron chi connectivity index (χ4n) is 2.89. The van der Waals surface area contributed by atoms with Crippen LogP contribution in [0.1, 0.15) is 55.6 Å². The molecule has 1 amide bonds. The van der Waals surface area contributed by atoms with E-state index in [1.54, 1.807) is 12.4 Å². The second-order valence-corrected chi connectivity index (χ2v) is 6.95. The molecule has 6 heteroatoms. The summed E-state index contributed by atoms with van der Waals surface area (Å²) in [5, 5.41) is 11.4. The molecule has 0 aromatic carbocycles. The molecule has 6 nitrogen and oxygen atoms in total. The lowest BCUT2D eigenvalue weighted by Gasteiger charge is -2.32. The number of likely N-dealkylation sites (tertiary alicyclic amines) is 1. The fraction of sp³-hybridized carbons (Fsp3) is 0.562. The summed E-state index contributed by atoms with van der Waals surface area (Å²) >= 11 is 0. The molecule has 3 rings (SSSR count). The minimum Gasteiger partial charge on any atom is -0.338 e. The van der Waals surface area contributed by atoms with Crippen LogP contribution in [0.3, 0.4) is 0 Å². The molecule has 22 heavy (non-hydrogen) atoms. The third-order valence-corrected chi connectivity index (χ3v) is 4.19. The molecule has 118 valence electrons. The van der Waals surface area contributed by atoms with Crippen molar-refractivity contribution in [3.8, 4) is 0 Å². The van der Waals surface area contributed by atoms with Gasteiger partial charge in [-0.15, -0.1) is 0 Å². The Morgan fingerprint density at radius 3 is 2.86 bits per heavy atom. The largest absolute Gasteiger partial charge is 0.338 e. The topological polar surface area (TPSA) is 66.8 Å². The zero-order valence-corrected chi connectivity index (χ0v) is 13.4. The van der Waals surface area contributed by atoms with Crippen molar-refractivity contribution in [1.82, 2.24) is 24.9 Å². The fourth-order valence-corrected chi connectivity index (χ4v) is 2.89. The Balaban J connectivity index is 1.73. The lowest BCUT2D eigenvalue weighted by Crippen LogP contribution is -2.39. The van der Waals surface area contributed by atoms with Crippen molar-refractivity contribution in [1.29, 1.82) is 0 Å². The number of H-pyrrole nitrogens is 1. The van der Waals surface area contributed by atoms with Gasteiger partial charge in [-0.25, -0.2) is 0 Å². The highest BCUT2D eigenvalue weighted by Crippen LogP contribution is 2.26. The molecule has 1 aliphatic heterocycles. The molecule has 1 atom stereocenters. The van der Waals surface area contributed by atoms with Gasteiger partial charge in [0.2, 0.25) is 0 Å². The smallest absolute Gasteiger partial charge is 0.257 e. The average Bonchev–Trinajstić information content (AvgIpc) is 3.17. The van der Waals surface area contributed by atoms with Crippen molar-refractivity contribution in [2.45, 2.75) is 45.1 Å². The van der Waals surface area contributed by atoms with Gasteiger partial charge in [-0.1, -0.05) is 0 Å². The Bertz CT molecular complexity index is 638. The van der Waals surface area contributed by atoms with Crippen LogP contribution in [-0.2, 0) is 5.54 Å². The number of hydrogen-bond acceptors (Lipinski definition) is 3. The zero-order valence-electron chi connectivity index (χ0n) is 13.4. The minimum atomic E-state index is -0.112. The van der Waals surface area contributed by atoms with E-state index in [4.69, 9.17) is 0 Å². The minimum absolute atomic E-state index is 0.0692. The Labute approximate surface area is 130 Å². The lowest BCUT2D eigenvalue weighted by atomic mass is 9.94. The number of amides is 1. The van der Waals surface area contributed by atoms with Crippen molar-refractivity contribution in [2.75, 3.05) is 13.1 Å². The van der Waals surface area contributed by atoms with Crippen LogP contribution >= 0.6 is 0 Å². The van der Waals surface area contributed by atoms with E-state index < -0.39 is 0 Å². The molecule has 1 aliphatic rings. The van der Waals surface area contributed by atoms with Crippen LogP contribution in [0.4, 0.5) is 0 Å². The summed E-state index contributed by atoms with van der Waals surface area (Å²) in [6.07, 6.45) is 7.40. The lowest BCUT2D eigenvalue weighted by molar-refractivity contribution is 0.0705. The van der Waals surface area contributed by atoms with Gasteiger partial charge in [0.05, 0.1) is 17.3 Å². The van der Waals surface area contributed by atoms with E-state index in [1.165, 1.54) is 0 Å². The van der Waals surface area contributed by atoms with Crippen molar-refractivity contribution in [2.24, 2.45) is 0 Å². The molecule has 0 radical (unpaired) electrons. The highest BCUT2D eigenvalue weighted by atomic mass is 16.2. The van der Waals surface area contributed by atoms with E-state index in [2.05, 4.69) is 36.1 Å². The van der Waals surface area contributed by atoms with Crippen molar-refractivity contribution in [3.63, 3.8) is 0 Å². The summed E-state index contributed by atoms with van der Waals surface area (Å²) in [5.74, 6) is 0.414. The van der Waals surface area contributed by atoms with Crippen molar-refractivity contribution in [3.05, 3.63) is 35.9 Å². The quantitative estimate of drug-likeness (QED) is 0.926. The predicted molar refractivity (Wildman–Crippen MR) is 83.7 cm³/mol. The maximum Gasteiger partial charge on any atom is 0.257 e. The van der Waals surface area contributed by atoms with Gasteiger partial charge in [0, 0.05) is 37.1 Å². The van der Waals surface area contributed by atoms with Crippen LogP contribution < -0.4 is 0 Å². The maximum atomic E-state index is 12.7. The van der Waals surface area contributed by atoms with Crippen LogP contribution in [-0.4, -0.2) is 43.9 Å². The highest BCUT2D eigenvalue weighted by molar-refractivity contribution is 5.93. The number of piperidine rings is 1. The van der Waals surface area contributed by atoms with Crippen LogP contribution in [0, 0.1) is 0 Å². The molecule has 1 fully saturated rings. The molecule has 1 saturated heterocycles. The van der Waals surface area contributed by atoms with E-state index in [-0.39, 0.29) is 11.4 Å². The Morgan fingerprint density at radius 1 is 1.41 bits per heavy atom. The molecule has 1 N–H and O–H groups in total. The summed E-state index contributed by atoms with van der Waals surface area (Å²) in [6.45, 7) is 7.77. The monoisotopic (exact) mass is 301 g/mol. The predicted octanol–water partition coefficient (Wildman–Crippen LogP) is 2.38. The maximum absolute atomic E-state index is 12.7. The van der Waals surface area contributed by atoms with Gasteiger partial charge < -0.3 is 4.90 Å². The summed E-state index contributed by atoms with van der Waals surface area (Å²) in [5.41, 5.74) is 1.67. The number of aromatic amines is 1. The van der Waals surface area contributed by atoms with Gasteiger partial charge in [0.1, 0.15) is 0 Å². The number of carbonyl (C=O) groups excluding carboxylic acids is 1. The SMILES string of the molecule is CC(C)(C)n1cc(C(=O)N2CCC[C@H](c3ccn[nH]3)C2)cn1. The second kappa shape index (κ2) is 5.59. The summed E-state index contributed by atoms with van der Waals surface area (Å²) in [7, 11) is 0. The van der Waals surface area contributed by atoms with Gasteiger partial charge in [-0.3, -0.25) is 14.6 Å². The first-order valence-corrected chi connectivity index (χ1v) is 7.79. The molecule has 0 unspecified atom stereocenters. The number of hydrogen-bond donors (Lipinski definition) is 1. The van der Waals surface area contributed by atoms with E-state index in [0.717, 1.165) is 31.6 Å². The molecule has 3 heterocycles. The molecular formula is C16H23N5O. The molecule has 0 spiro atoms. The van der Waals surface area contributed by atoms with E-state index in [0.29, 0.717) is 11.5 Å². The highest BCUT2D eigenvalue weighted by Gasteiger charge is 2.27. The molecule has 0 saturated carbocycles. The summed E-state index contributed by atoms with van der Waals surface area (Å²) < 4.78 is 1.84.